The molecule has 0 bridgehead atoms. The van der Waals surface area contributed by atoms with Gasteiger partial charge in [-0.15, -0.1) is 0 Å². The van der Waals surface area contributed by atoms with E-state index in [0.29, 0.717) is 11.6 Å². The third kappa shape index (κ3) is 3.33. The van der Waals surface area contributed by atoms with Crippen LogP contribution in [-0.2, 0) is 0 Å². The molecule has 0 unspecified atom stereocenters. The van der Waals surface area contributed by atoms with E-state index in [1.54, 1.807) is 24.8 Å². The lowest BCUT2D eigenvalue weighted by Gasteiger charge is -2.27. The Morgan fingerprint density at radius 1 is 1.32 bits per heavy atom. The third-order valence-corrected chi connectivity index (χ3v) is 4.22. The Morgan fingerprint density at radius 3 is 2.82 bits per heavy atom. The first-order chi connectivity index (χ1) is 10.8. The summed E-state index contributed by atoms with van der Waals surface area (Å²) in [5.41, 5.74) is 1.28. The van der Waals surface area contributed by atoms with E-state index in [0.717, 1.165) is 31.4 Å². The number of nitrogens with zero attached hydrogens (tertiary/aromatic N) is 3. The first-order valence-corrected chi connectivity index (χ1v) is 7.62. The second-order valence-electron chi connectivity index (χ2n) is 5.74. The molecule has 1 aliphatic carbocycles. The van der Waals surface area contributed by atoms with Crippen molar-refractivity contribution in [2.45, 2.75) is 31.7 Å². The molecule has 0 saturated heterocycles. The van der Waals surface area contributed by atoms with Crippen molar-refractivity contribution in [3.8, 4) is 5.69 Å². The quantitative estimate of drug-likeness (QED) is 0.898. The van der Waals surface area contributed by atoms with Gasteiger partial charge >= 0.3 is 0 Å². The molecule has 116 valence electrons. The fraction of sp³-hybridized carbons (Fsp3) is 0.438. The molecule has 0 aliphatic heterocycles. The summed E-state index contributed by atoms with van der Waals surface area (Å²) in [6.45, 7) is 0.245. The highest BCUT2D eigenvalue weighted by molar-refractivity contribution is 5.92. The van der Waals surface area contributed by atoms with Crippen LogP contribution in [0.1, 0.15) is 36.2 Å². The molecule has 3 rings (SSSR count). The topological polar surface area (TPSA) is 80.0 Å². The van der Waals surface area contributed by atoms with Crippen molar-refractivity contribution in [3.63, 3.8) is 0 Å². The molecular formula is C16H20N4O2. The lowest BCUT2D eigenvalue weighted by Crippen LogP contribution is -2.38. The number of pyridine rings is 1. The molecule has 1 aliphatic rings. The van der Waals surface area contributed by atoms with E-state index in [9.17, 15) is 4.79 Å². The van der Waals surface area contributed by atoms with Gasteiger partial charge < -0.3 is 15.0 Å². The van der Waals surface area contributed by atoms with Gasteiger partial charge in [0, 0.05) is 31.2 Å². The van der Waals surface area contributed by atoms with E-state index in [1.165, 1.54) is 0 Å². The summed E-state index contributed by atoms with van der Waals surface area (Å²) >= 11 is 0. The largest absolute Gasteiger partial charge is 0.396 e. The summed E-state index contributed by atoms with van der Waals surface area (Å²) in [5, 5.41) is 12.2. The van der Waals surface area contributed by atoms with Crippen LogP contribution >= 0.6 is 0 Å². The van der Waals surface area contributed by atoms with Gasteiger partial charge in [0.15, 0.2) is 0 Å². The molecule has 1 amide bonds. The van der Waals surface area contributed by atoms with Crippen molar-refractivity contribution in [2.75, 3.05) is 6.61 Å². The molecule has 0 spiro atoms. The van der Waals surface area contributed by atoms with Crippen molar-refractivity contribution in [1.82, 2.24) is 19.9 Å². The average Bonchev–Trinajstić information content (AvgIpc) is 3.10. The van der Waals surface area contributed by atoms with Crippen LogP contribution in [0.2, 0.25) is 0 Å². The van der Waals surface area contributed by atoms with Crippen molar-refractivity contribution in [3.05, 3.63) is 42.7 Å². The number of nitrogens with one attached hydrogen (secondary N) is 1. The SMILES string of the molecule is O=C(NC1CCC(CO)CC1)c1cc(-n2ccnc2)ccn1. The van der Waals surface area contributed by atoms with Crippen LogP contribution in [0.3, 0.4) is 0 Å². The highest BCUT2D eigenvalue weighted by atomic mass is 16.3. The number of rotatable bonds is 4. The molecule has 2 aromatic rings. The number of aliphatic hydroxyl groups excluding tert-OH is 1. The van der Waals surface area contributed by atoms with Gasteiger partial charge in [0.2, 0.25) is 0 Å². The van der Waals surface area contributed by atoms with Crippen LogP contribution in [0.25, 0.3) is 5.69 Å². The second kappa shape index (κ2) is 6.70. The zero-order valence-electron chi connectivity index (χ0n) is 12.4. The molecule has 0 aromatic carbocycles. The highest BCUT2D eigenvalue weighted by Gasteiger charge is 2.22. The number of hydrogen-bond acceptors (Lipinski definition) is 4. The van der Waals surface area contributed by atoms with Gasteiger partial charge in [-0.25, -0.2) is 4.98 Å². The van der Waals surface area contributed by atoms with E-state index in [2.05, 4.69) is 15.3 Å². The molecule has 1 saturated carbocycles. The Kier molecular flexibility index (Phi) is 4.48. The Balaban J connectivity index is 1.64. The van der Waals surface area contributed by atoms with E-state index in [-0.39, 0.29) is 18.6 Å². The average molecular weight is 300 g/mol. The standard InChI is InChI=1S/C16H20N4O2/c21-10-12-1-3-13(4-2-12)19-16(22)15-9-14(5-6-18-15)20-8-7-17-11-20/h5-9,11-13,21H,1-4,10H2,(H,19,22). The molecular weight excluding hydrogens is 280 g/mol. The minimum Gasteiger partial charge on any atom is -0.396 e. The van der Waals surface area contributed by atoms with Crippen molar-refractivity contribution >= 4 is 5.91 Å². The van der Waals surface area contributed by atoms with Gasteiger partial charge in [0.1, 0.15) is 5.69 Å². The number of carbonyl (C=O) groups is 1. The Hall–Kier alpha value is -2.21. The summed E-state index contributed by atoms with van der Waals surface area (Å²) < 4.78 is 1.84. The van der Waals surface area contributed by atoms with Gasteiger partial charge in [-0.3, -0.25) is 9.78 Å². The van der Waals surface area contributed by atoms with Crippen molar-refractivity contribution in [1.29, 1.82) is 0 Å². The zero-order valence-corrected chi connectivity index (χ0v) is 12.4. The molecule has 6 heteroatoms. The number of carbonyl (C=O) groups excluding carboxylic acids is 1. The molecule has 2 heterocycles. The van der Waals surface area contributed by atoms with Gasteiger partial charge in [-0.2, -0.15) is 0 Å². The number of aromatic nitrogens is 3. The van der Waals surface area contributed by atoms with E-state index < -0.39 is 0 Å². The van der Waals surface area contributed by atoms with Crippen LogP contribution in [0, 0.1) is 5.92 Å². The molecule has 6 nitrogen and oxygen atoms in total. The predicted molar refractivity (Wildman–Crippen MR) is 81.7 cm³/mol. The normalized spacial score (nSPS) is 21.5. The third-order valence-electron chi connectivity index (χ3n) is 4.22. The fourth-order valence-corrected chi connectivity index (χ4v) is 2.86. The lowest BCUT2D eigenvalue weighted by molar-refractivity contribution is 0.0909. The zero-order chi connectivity index (χ0) is 15.4. The number of hydrogen-bond donors (Lipinski definition) is 2. The molecule has 22 heavy (non-hydrogen) atoms. The van der Waals surface area contributed by atoms with Gasteiger partial charge in [-0.05, 0) is 43.7 Å². The fourth-order valence-electron chi connectivity index (χ4n) is 2.86. The molecule has 0 radical (unpaired) electrons. The van der Waals surface area contributed by atoms with E-state index in [1.807, 2.05) is 16.8 Å². The van der Waals surface area contributed by atoms with Crippen LogP contribution < -0.4 is 5.32 Å². The predicted octanol–water partition coefficient (Wildman–Crippen LogP) is 1.55. The number of amides is 1. The van der Waals surface area contributed by atoms with Crippen LogP contribution in [0.5, 0.6) is 0 Å². The molecule has 2 N–H and O–H groups in total. The Morgan fingerprint density at radius 2 is 2.14 bits per heavy atom. The molecule has 0 atom stereocenters. The maximum absolute atomic E-state index is 12.3. The first kappa shape index (κ1) is 14.7. The number of aliphatic hydroxyl groups is 1. The Labute approximate surface area is 129 Å². The summed E-state index contributed by atoms with van der Waals surface area (Å²) in [7, 11) is 0. The monoisotopic (exact) mass is 300 g/mol. The van der Waals surface area contributed by atoms with Gasteiger partial charge in [0.25, 0.3) is 5.91 Å². The summed E-state index contributed by atoms with van der Waals surface area (Å²) in [6.07, 6.45) is 10.6. The summed E-state index contributed by atoms with van der Waals surface area (Å²) in [4.78, 5) is 20.5. The van der Waals surface area contributed by atoms with Crippen molar-refractivity contribution in [2.24, 2.45) is 5.92 Å². The maximum Gasteiger partial charge on any atom is 0.270 e. The van der Waals surface area contributed by atoms with E-state index in [4.69, 9.17) is 5.11 Å². The van der Waals surface area contributed by atoms with Gasteiger partial charge in [0.05, 0.1) is 12.0 Å². The second-order valence-corrected chi connectivity index (χ2v) is 5.74. The lowest BCUT2D eigenvalue weighted by atomic mass is 9.86. The minimum absolute atomic E-state index is 0.144. The first-order valence-electron chi connectivity index (χ1n) is 7.62. The van der Waals surface area contributed by atoms with Crippen LogP contribution in [0.15, 0.2) is 37.1 Å². The molecule has 1 fully saturated rings. The smallest absolute Gasteiger partial charge is 0.270 e. The minimum atomic E-state index is -0.144. The van der Waals surface area contributed by atoms with Crippen molar-refractivity contribution < 1.29 is 9.90 Å². The molecule has 2 aromatic heterocycles. The summed E-state index contributed by atoms with van der Waals surface area (Å²) in [5.74, 6) is 0.241. The van der Waals surface area contributed by atoms with Crippen LogP contribution in [-0.4, -0.2) is 38.2 Å². The Bertz CT molecular complexity index is 619. The maximum atomic E-state index is 12.3. The summed E-state index contributed by atoms with van der Waals surface area (Å²) in [6, 6.07) is 3.77. The van der Waals surface area contributed by atoms with E-state index >= 15 is 0 Å². The van der Waals surface area contributed by atoms with Gasteiger partial charge in [-0.1, -0.05) is 0 Å². The van der Waals surface area contributed by atoms with Crippen LogP contribution in [0.4, 0.5) is 0 Å². The highest BCUT2D eigenvalue weighted by Crippen LogP contribution is 2.23. The number of imidazole rings is 1.